The Bertz CT molecular complexity index is 793. The molecule has 0 aliphatic carbocycles. The Morgan fingerprint density at radius 3 is 2.57 bits per heavy atom. The van der Waals surface area contributed by atoms with Crippen molar-refractivity contribution in [3.63, 3.8) is 0 Å². The minimum absolute atomic E-state index is 0.158. The molecule has 3 aromatic rings. The fourth-order valence-electron chi connectivity index (χ4n) is 2.04. The third-order valence-electron chi connectivity index (χ3n) is 3.05. The third-order valence-corrected chi connectivity index (χ3v) is 3.05. The topological polar surface area (TPSA) is 35.3 Å². The van der Waals surface area contributed by atoms with Crippen molar-refractivity contribution >= 4 is 11.1 Å². The molecule has 0 unspecified atom stereocenters. The first-order chi connectivity index (χ1) is 9.99. The minimum atomic E-state index is -4.41. The summed E-state index contributed by atoms with van der Waals surface area (Å²) in [7, 11) is 1.50. The summed E-state index contributed by atoms with van der Waals surface area (Å²) in [5.74, 6) is 0.766. The number of hydrogen-bond donors (Lipinski definition) is 0. The van der Waals surface area contributed by atoms with Gasteiger partial charge in [-0.25, -0.2) is 4.98 Å². The summed E-state index contributed by atoms with van der Waals surface area (Å²) >= 11 is 0. The van der Waals surface area contributed by atoms with Crippen molar-refractivity contribution in [1.82, 2.24) is 4.98 Å². The molecule has 0 amide bonds. The van der Waals surface area contributed by atoms with Gasteiger partial charge in [0.2, 0.25) is 5.89 Å². The van der Waals surface area contributed by atoms with Crippen LogP contribution >= 0.6 is 0 Å². The van der Waals surface area contributed by atoms with E-state index >= 15 is 0 Å². The summed E-state index contributed by atoms with van der Waals surface area (Å²) in [4.78, 5) is 4.12. The highest BCUT2D eigenvalue weighted by atomic mass is 19.4. The number of methoxy groups -OCH3 is 1. The van der Waals surface area contributed by atoms with E-state index in [2.05, 4.69) is 4.98 Å². The lowest BCUT2D eigenvalue weighted by Gasteiger charge is -2.04. The molecule has 0 atom stereocenters. The lowest BCUT2D eigenvalue weighted by atomic mass is 10.2. The maximum Gasteiger partial charge on any atom is 0.416 e. The van der Waals surface area contributed by atoms with Gasteiger partial charge in [-0.15, -0.1) is 0 Å². The molecule has 3 rings (SSSR count). The number of para-hydroxylation sites is 1. The van der Waals surface area contributed by atoms with Crippen molar-refractivity contribution in [3.8, 4) is 17.2 Å². The van der Waals surface area contributed by atoms with Crippen LogP contribution in [0.15, 0.2) is 46.9 Å². The number of alkyl halides is 3. The molecule has 6 heteroatoms. The van der Waals surface area contributed by atoms with Gasteiger partial charge in [0.1, 0.15) is 11.3 Å². The van der Waals surface area contributed by atoms with Crippen molar-refractivity contribution in [3.05, 3.63) is 48.0 Å². The Balaban J connectivity index is 2.13. The predicted molar refractivity (Wildman–Crippen MR) is 71.0 cm³/mol. The molecule has 1 heterocycles. The van der Waals surface area contributed by atoms with E-state index in [0.717, 1.165) is 12.1 Å². The largest absolute Gasteiger partial charge is 0.496 e. The third kappa shape index (κ3) is 2.44. The lowest BCUT2D eigenvalue weighted by molar-refractivity contribution is -0.137. The van der Waals surface area contributed by atoms with E-state index in [0.29, 0.717) is 16.9 Å². The van der Waals surface area contributed by atoms with Crippen LogP contribution in [0.4, 0.5) is 13.2 Å². The van der Waals surface area contributed by atoms with E-state index in [9.17, 15) is 13.2 Å². The van der Waals surface area contributed by atoms with Crippen LogP contribution in [0.5, 0.6) is 5.75 Å². The molecule has 0 spiro atoms. The molecule has 108 valence electrons. The zero-order chi connectivity index (χ0) is 15.0. The van der Waals surface area contributed by atoms with E-state index in [1.165, 1.54) is 13.2 Å². The second-order valence-electron chi connectivity index (χ2n) is 4.40. The first-order valence-corrected chi connectivity index (χ1v) is 6.10. The Kier molecular flexibility index (Phi) is 3.08. The Hall–Kier alpha value is -2.50. The first-order valence-electron chi connectivity index (χ1n) is 6.10. The Morgan fingerprint density at radius 2 is 1.86 bits per heavy atom. The Morgan fingerprint density at radius 1 is 1.10 bits per heavy atom. The highest BCUT2D eigenvalue weighted by molar-refractivity contribution is 5.78. The molecule has 0 bridgehead atoms. The van der Waals surface area contributed by atoms with Crippen molar-refractivity contribution in [2.75, 3.05) is 7.11 Å². The molecule has 0 saturated heterocycles. The molecule has 0 saturated carbocycles. The summed E-state index contributed by atoms with van der Waals surface area (Å²) in [6.07, 6.45) is -4.41. The summed E-state index contributed by atoms with van der Waals surface area (Å²) in [6, 6.07) is 10.2. The van der Waals surface area contributed by atoms with Crippen LogP contribution in [0.1, 0.15) is 5.56 Å². The number of halogens is 3. The summed E-state index contributed by atoms with van der Waals surface area (Å²) in [5.41, 5.74) is 0.286. The summed E-state index contributed by atoms with van der Waals surface area (Å²) in [6.45, 7) is 0. The van der Waals surface area contributed by atoms with Gasteiger partial charge < -0.3 is 9.15 Å². The first kappa shape index (κ1) is 13.5. The van der Waals surface area contributed by atoms with Gasteiger partial charge in [0.15, 0.2) is 5.58 Å². The van der Waals surface area contributed by atoms with Gasteiger partial charge >= 0.3 is 6.18 Å². The average Bonchev–Trinajstić information content (AvgIpc) is 2.89. The number of fused-ring (bicyclic) bond motifs is 1. The van der Waals surface area contributed by atoms with Crippen LogP contribution in [0, 0.1) is 0 Å². The molecule has 0 N–H and O–H groups in total. The number of aromatic nitrogens is 1. The van der Waals surface area contributed by atoms with Crippen LogP contribution in [0.3, 0.4) is 0 Å². The molecule has 1 aromatic heterocycles. The number of hydrogen-bond acceptors (Lipinski definition) is 3. The fourth-order valence-corrected chi connectivity index (χ4v) is 2.04. The van der Waals surface area contributed by atoms with Crippen molar-refractivity contribution in [2.45, 2.75) is 6.18 Å². The predicted octanol–water partition coefficient (Wildman–Crippen LogP) is 4.52. The van der Waals surface area contributed by atoms with Crippen molar-refractivity contribution in [2.24, 2.45) is 0 Å². The highest BCUT2D eigenvalue weighted by Gasteiger charge is 2.31. The van der Waals surface area contributed by atoms with Gasteiger partial charge in [0, 0.05) is 0 Å². The van der Waals surface area contributed by atoms with Gasteiger partial charge in [-0.05, 0) is 30.3 Å². The molecule has 0 fully saturated rings. The van der Waals surface area contributed by atoms with E-state index in [4.69, 9.17) is 9.15 Å². The standard InChI is InChI=1S/C15H10F3NO2/c1-20-12-5-3-2-4-10(12)14-19-11-8-9(15(16,17)18)6-7-13(11)21-14/h2-8H,1H3. The normalized spacial score (nSPS) is 11.8. The van der Waals surface area contributed by atoms with Crippen LogP contribution in [0.25, 0.3) is 22.6 Å². The lowest BCUT2D eigenvalue weighted by Crippen LogP contribution is -2.03. The van der Waals surface area contributed by atoms with Crippen LogP contribution in [0.2, 0.25) is 0 Å². The van der Waals surface area contributed by atoms with E-state index in [1.54, 1.807) is 24.3 Å². The maximum absolute atomic E-state index is 12.7. The Labute approximate surface area is 118 Å². The molecule has 0 aliphatic heterocycles. The maximum atomic E-state index is 12.7. The van der Waals surface area contributed by atoms with Crippen LogP contribution in [-0.4, -0.2) is 12.1 Å². The monoisotopic (exact) mass is 293 g/mol. The molecule has 0 aliphatic rings. The average molecular weight is 293 g/mol. The van der Waals surface area contributed by atoms with Crippen molar-refractivity contribution in [1.29, 1.82) is 0 Å². The van der Waals surface area contributed by atoms with Crippen molar-refractivity contribution < 1.29 is 22.3 Å². The second-order valence-corrected chi connectivity index (χ2v) is 4.40. The highest BCUT2D eigenvalue weighted by Crippen LogP contribution is 2.34. The quantitative estimate of drug-likeness (QED) is 0.696. The van der Waals surface area contributed by atoms with E-state index in [-0.39, 0.29) is 11.4 Å². The van der Waals surface area contributed by atoms with E-state index in [1.807, 2.05) is 0 Å². The summed E-state index contributed by atoms with van der Waals surface area (Å²) in [5, 5.41) is 0. The van der Waals surface area contributed by atoms with Gasteiger partial charge in [-0.1, -0.05) is 12.1 Å². The number of oxazole rings is 1. The van der Waals surface area contributed by atoms with Gasteiger partial charge in [-0.2, -0.15) is 13.2 Å². The van der Waals surface area contributed by atoms with E-state index < -0.39 is 11.7 Å². The fraction of sp³-hybridized carbons (Fsp3) is 0.133. The molecule has 2 aromatic carbocycles. The minimum Gasteiger partial charge on any atom is -0.496 e. The van der Waals surface area contributed by atoms with Gasteiger partial charge in [0.05, 0.1) is 18.2 Å². The zero-order valence-corrected chi connectivity index (χ0v) is 10.9. The van der Waals surface area contributed by atoms with Crippen LogP contribution < -0.4 is 4.74 Å². The zero-order valence-electron chi connectivity index (χ0n) is 10.9. The SMILES string of the molecule is COc1ccccc1-c1nc2cc(C(F)(F)F)ccc2o1. The van der Waals surface area contributed by atoms with Crippen LogP contribution in [-0.2, 0) is 6.18 Å². The molecular formula is C15H10F3NO2. The molecule has 0 radical (unpaired) electrons. The molecule has 21 heavy (non-hydrogen) atoms. The molecular weight excluding hydrogens is 283 g/mol. The smallest absolute Gasteiger partial charge is 0.416 e. The summed E-state index contributed by atoms with van der Waals surface area (Å²) < 4.78 is 48.8. The number of benzene rings is 2. The van der Waals surface area contributed by atoms with Gasteiger partial charge in [-0.3, -0.25) is 0 Å². The number of nitrogens with zero attached hydrogens (tertiary/aromatic N) is 1. The molecule has 3 nitrogen and oxygen atoms in total. The van der Waals surface area contributed by atoms with Gasteiger partial charge in [0.25, 0.3) is 0 Å². The number of rotatable bonds is 2. The number of ether oxygens (including phenoxy) is 1. The second kappa shape index (κ2) is 4.80.